The molecule has 0 amide bonds. The second kappa shape index (κ2) is 6.17. The van der Waals surface area contributed by atoms with E-state index < -0.39 is 10.0 Å². The number of ether oxygens (including phenoxy) is 1. The number of sulfonamides is 1. The molecule has 2 N–H and O–H groups in total. The number of hydrogen-bond acceptors (Lipinski definition) is 6. The monoisotopic (exact) mass is 323 g/mol. The molecule has 0 radical (unpaired) electrons. The van der Waals surface area contributed by atoms with Crippen molar-refractivity contribution in [2.24, 2.45) is 5.73 Å². The van der Waals surface area contributed by atoms with Gasteiger partial charge in [0.1, 0.15) is 0 Å². The lowest BCUT2D eigenvalue weighted by Gasteiger charge is -2.31. The molecule has 0 spiro atoms. The Morgan fingerprint density at radius 2 is 2.14 bits per heavy atom. The fourth-order valence-corrected chi connectivity index (χ4v) is 4.09. The van der Waals surface area contributed by atoms with Crippen LogP contribution in [0.3, 0.4) is 0 Å². The molecule has 0 saturated carbocycles. The Balaban J connectivity index is 1.99. The Hall–Kier alpha value is -1.74. The number of rotatable bonds is 4. The van der Waals surface area contributed by atoms with Crippen molar-refractivity contribution in [3.8, 4) is 11.3 Å². The average Bonchev–Trinajstić information content (AvgIpc) is 3.09. The van der Waals surface area contributed by atoms with Gasteiger partial charge in [-0.1, -0.05) is 17.3 Å². The summed E-state index contributed by atoms with van der Waals surface area (Å²) in [6.45, 7) is 1.19. The van der Waals surface area contributed by atoms with Crippen LogP contribution in [0.4, 0.5) is 0 Å². The molecule has 1 aromatic heterocycles. The molecule has 1 aliphatic rings. The van der Waals surface area contributed by atoms with Crippen LogP contribution in [0.2, 0.25) is 0 Å². The molecule has 0 aliphatic carbocycles. The van der Waals surface area contributed by atoms with Crippen molar-refractivity contribution in [3.63, 3.8) is 0 Å². The zero-order valence-corrected chi connectivity index (χ0v) is 12.7. The van der Waals surface area contributed by atoms with Crippen molar-refractivity contribution in [1.29, 1.82) is 0 Å². The number of nitrogens with zero attached hydrogens (tertiary/aromatic N) is 2. The largest absolute Gasteiger partial charge is 0.374 e. The van der Waals surface area contributed by atoms with E-state index in [0.717, 1.165) is 0 Å². The van der Waals surface area contributed by atoms with Crippen LogP contribution in [0.5, 0.6) is 0 Å². The Kier molecular flexibility index (Phi) is 4.25. The van der Waals surface area contributed by atoms with E-state index in [-0.39, 0.29) is 24.1 Å². The molecular formula is C14H17N3O4S. The predicted octanol–water partition coefficient (Wildman–Crippen LogP) is 0.690. The van der Waals surface area contributed by atoms with E-state index in [4.69, 9.17) is 15.0 Å². The summed E-state index contributed by atoms with van der Waals surface area (Å²) in [5, 5.41) is 3.64. The highest BCUT2D eigenvalue weighted by molar-refractivity contribution is 7.89. The van der Waals surface area contributed by atoms with Crippen LogP contribution in [-0.4, -0.2) is 50.2 Å². The lowest BCUT2D eigenvalue weighted by molar-refractivity contribution is 0.00451. The minimum absolute atomic E-state index is 0.199. The SMILES string of the molecule is NCC1CN(S(=O)(=O)c2ccccc2-c2ccno2)CCO1. The molecule has 1 unspecified atom stereocenters. The summed E-state index contributed by atoms with van der Waals surface area (Å²) >= 11 is 0. The Labute approximate surface area is 128 Å². The summed E-state index contributed by atoms with van der Waals surface area (Å²) in [5.41, 5.74) is 6.08. The molecule has 22 heavy (non-hydrogen) atoms. The molecule has 118 valence electrons. The number of benzene rings is 1. The molecule has 8 heteroatoms. The summed E-state index contributed by atoms with van der Waals surface area (Å²) < 4.78 is 37.8. The fourth-order valence-electron chi connectivity index (χ4n) is 2.44. The van der Waals surface area contributed by atoms with Gasteiger partial charge in [-0.3, -0.25) is 0 Å². The molecule has 3 rings (SSSR count). The van der Waals surface area contributed by atoms with Gasteiger partial charge in [0.25, 0.3) is 0 Å². The zero-order chi connectivity index (χ0) is 15.6. The van der Waals surface area contributed by atoms with E-state index in [9.17, 15) is 8.42 Å². The molecule has 2 heterocycles. The van der Waals surface area contributed by atoms with Gasteiger partial charge in [-0.25, -0.2) is 8.42 Å². The van der Waals surface area contributed by atoms with Gasteiger partial charge in [-0.05, 0) is 12.1 Å². The molecule has 7 nitrogen and oxygen atoms in total. The van der Waals surface area contributed by atoms with Gasteiger partial charge >= 0.3 is 0 Å². The van der Waals surface area contributed by atoms with E-state index in [2.05, 4.69) is 5.16 Å². The minimum atomic E-state index is -3.65. The smallest absolute Gasteiger partial charge is 0.243 e. The van der Waals surface area contributed by atoms with Gasteiger partial charge in [0.15, 0.2) is 5.76 Å². The summed E-state index contributed by atoms with van der Waals surface area (Å²) in [4.78, 5) is 0.199. The van der Waals surface area contributed by atoms with Gasteiger partial charge in [-0.2, -0.15) is 4.31 Å². The van der Waals surface area contributed by atoms with Crippen LogP contribution >= 0.6 is 0 Å². The maximum absolute atomic E-state index is 12.9. The average molecular weight is 323 g/mol. The quantitative estimate of drug-likeness (QED) is 0.889. The van der Waals surface area contributed by atoms with E-state index in [1.807, 2.05) is 0 Å². The Morgan fingerprint density at radius 3 is 2.86 bits per heavy atom. The van der Waals surface area contributed by atoms with E-state index in [1.165, 1.54) is 10.5 Å². The first-order chi connectivity index (χ1) is 10.6. The van der Waals surface area contributed by atoms with Crippen molar-refractivity contribution in [1.82, 2.24) is 9.46 Å². The first-order valence-electron chi connectivity index (χ1n) is 6.95. The third-order valence-corrected chi connectivity index (χ3v) is 5.50. The second-order valence-corrected chi connectivity index (χ2v) is 6.87. The van der Waals surface area contributed by atoms with Gasteiger partial charge in [0.05, 0.1) is 23.8 Å². The highest BCUT2D eigenvalue weighted by Crippen LogP contribution is 2.29. The Bertz CT molecular complexity index is 730. The zero-order valence-electron chi connectivity index (χ0n) is 11.9. The number of hydrogen-bond donors (Lipinski definition) is 1. The molecule has 1 aromatic carbocycles. The van der Waals surface area contributed by atoms with Crippen LogP contribution in [-0.2, 0) is 14.8 Å². The normalized spacial score (nSPS) is 20.1. The summed E-state index contributed by atoms with van der Waals surface area (Å²) in [6.07, 6.45) is 1.21. The van der Waals surface area contributed by atoms with Crippen LogP contribution in [0, 0.1) is 0 Å². The highest BCUT2D eigenvalue weighted by Gasteiger charge is 2.32. The van der Waals surface area contributed by atoms with Crippen molar-refractivity contribution < 1.29 is 17.7 Å². The fraction of sp³-hybridized carbons (Fsp3) is 0.357. The molecular weight excluding hydrogens is 306 g/mol. The van der Waals surface area contributed by atoms with Gasteiger partial charge < -0.3 is 15.0 Å². The van der Waals surface area contributed by atoms with Gasteiger partial charge in [0, 0.05) is 31.3 Å². The van der Waals surface area contributed by atoms with Crippen molar-refractivity contribution in [3.05, 3.63) is 36.5 Å². The Morgan fingerprint density at radius 1 is 1.32 bits per heavy atom. The van der Waals surface area contributed by atoms with Gasteiger partial charge in [0.2, 0.25) is 10.0 Å². The maximum atomic E-state index is 12.9. The molecule has 1 aliphatic heterocycles. The van der Waals surface area contributed by atoms with E-state index in [0.29, 0.717) is 24.5 Å². The van der Waals surface area contributed by atoms with Crippen LogP contribution in [0.1, 0.15) is 0 Å². The van der Waals surface area contributed by atoms with E-state index >= 15 is 0 Å². The summed E-state index contributed by atoms with van der Waals surface area (Å²) in [6, 6.07) is 8.36. The lowest BCUT2D eigenvalue weighted by Crippen LogP contribution is -2.48. The van der Waals surface area contributed by atoms with Crippen LogP contribution in [0.25, 0.3) is 11.3 Å². The molecule has 1 fully saturated rings. The molecule has 2 aromatic rings. The van der Waals surface area contributed by atoms with Gasteiger partial charge in [-0.15, -0.1) is 0 Å². The van der Waals surface area contributed by atoms with Crippen LogP contribution < -0.4 is 5.73 Å². The molecule has 1 atom stereocenters. The van der Waals surface area contributed by atoms with Crippen molar-refractivity contribution in [2.75, 3.05) is 26.2 Å². The first-order valence-corrected chi connectivity index (χ1v) is 8.39. The standard InChI is InChI=1S/C14H17N3O4S/c15-9-11-10-17(7-8-20-11)22(18,19)14-4-2-1-3-12(14)13-5-6-16-21-13/h1-6,11H,7-10,15H2. The second-order valence-electron chi connectivity index (χ2n) is 4.96. The number of morpholine rings is 1. The lowest BCUT2D eigenvalue weighted by atomic mass is 10.2. The summed E-state index contributed by atoms with van der Waals surface area (Å²) in [5.74, 6) is 0.419. The van der Waals surface area contributed by atoms with Crippen molar-refractivity contribution >= 4 is 10.0 Å². The van der Waals surface area contributed by atoms with E-state index in [1.54, 1.807) is 30.3 Å². The number of nitrogens with two attached hydrogens (primary N) is 1. The highest BCUT2D eigenvalue weighted by atomic mass is 32.2. The predicted molar refractivity (Wildman–Crippen MR) is 79.5 cm³/mol. The molecule has 1 saturated heterocycles. The first kappa shape index (κ1) is 15.2. The van der Waals surface area contributed by atoms with Crippen LogP contribution in [0.15, 0.2) is 45.9 Å². The third-order valence-electron chi connectivity index (χ3n) is 3.57. The topological polar surface area (TPSA) is 98.7 Å². The minimum Gasteiger partial charge on any atom is -0.374 e. The third kappa shape index (κ3) is 2.78. The van der Waals surface area contributed by atoms with Crippen molar-refractivity contribution in [2.45, 2.75) is 11.0 Å². The number of aromatic nitrogens is 1. The molecule has 0 bridgehead atoms. The maximum Gasteiger partial charge on any atom is 0.243 e. The summed E-state index contributed by atoms with van der Waals surface area (Å²) in [7, 11) is -3.65.